The predicted octanol–water partition coefficient (Wildman–Crippen LogP) is 3.37. The number of aryl methyl sites for hydroxylation is 2. The van der Waals surface area contributed by atoms with Gasteiger partial charge >= 0.3 is 0 Å². The molecule has 96 valence electrons. The molecule has 0 spiro atoms. The summed E-state index contributed by atoms with van der Waals surface area (Å²) in [5, 5.41) is 4.63. The third-order valence-corrected chi connectivity index (χ3v) is 2.92. The summed E-state index contributed by atoms with van der Waals surface area (Å²) in [7, 11) is 0. The lowest BCUT2D eigenvalue weighted by molar-refractivity contribution is 0.562. The molecule has 3 nitrogen and oxygen atoms in total. The molecule has 18 heavy (non-hydrogen) atoms. The van der Waals surface area contributed by atoms with Crippen LogP contribution >= 0.6 is 0 Å². The standard InChI is InChI=1S/C15H21N3/c1-10-6-11(2)8-12(7-10)18-9-13(16)14(17-18)15(3,4)5/h6-9H,16H2,1-5H3. The Bertz CT molecular complexity index is 554. The van der Waals surface area contributed by atoms with E-state index < -0.39 is 0 Å². The van der Waals surface area contributed by atoms with Crippen molar-refractivity contribution in [2.45, 2.75) is 40.0 Å². The summed E-state index contributed by atoms with van der Waals surface area (Å²) < 4.78 is 1.87. The molecule has 0 unspecified atom stereocenters. The van der Waals surface area contributed by atoms with Crippen LogP contribution in [0.5, 0.6) is 0 Å². The average molecular weight is 243 g/mol. The van der Waals surface area contributed by atoms with Gasteiger partial charge in [-0.2, -0.15) is 5.10 Å². The highest BCUT2D eigenvalue weighted by atomic mass is 15.3. The van der Waals surface area contributed by atoms with Crippen LogP contribution in [0.3, 0.4) is 0 Å². The summed E-state index contributed by atoms with van der Waals surface area (Å²) >= 11 is 0. The van der Waals surface area contributed by atoms with Gasteiger partial charge in [-0.1, -0.05) is 26.8 Å². The lowest BCUT2D eigenvalue weighted by Crippen LogP contribution is -2.14. The first-order valence-electron chi connectivity index (χ1n) is 6.21. The molecule has 0 saturated carbocycles. The van der Waals surface area contributed by atoms with E-state index in [9.17, 15) is 0 Å². The first-order valence-corrected chi connectivity index (χ1v) is 6.21. The van der Waals surface area contributed by atoms with Crippen molar-refractivity contribution in [1.82, 2.24) is 9.78 Å². The number of nitrogen functional groups attached to an aromatic ring is 1. The number of nitrogens with zero attached hydrogens (tertiary/aromatic N) is 2. The van der Waals surface area contributed by atoms with Crippen molar-refractivity contribution in [2.24, 2.45) is 0 Å². The highest BCUT2D eigenvalue weighted by Crippen LogP contribution is 2.27. The van der Waals surface area contributed by atoms with Gasteiger partial charge in [-0.15, -0.1) is 0 Å². The summed E-state index contributed by atoms with van der Waals surface area (Å²) in [6.07, 6.45) is 1.90. The van der Waals surface area contributed by atoms with E-state index in [0.717, 1.165) is 17.1 Å². The topological polar surface area (TPSA) is 43.8 Å². The van der Waals surface area contributed by atoms with Crippen LogP contribution in [-0.4, -0.2) is 9.78 Å². The molecule has 3 heteroatoms. The summed E-state index contributed by atoms with van der Waals surface area (Å²) in [6.45, 7) is 10.6. The van der Waals surface area contributed by atoms with E-state index >= 15 is 0 Å². The molecule has 0 aliphatic heterocycles. The molecule has 2 aromatic rings. The molecule has 0 aliphatic rings. The Kier molecular flexibility index (Phi) is 2.93. The maximum atomic E-state index is 6.06. The van der Waals surface area contributed by atoms with Crippen LogP contribution < -0.4 is 5.73 Å². The summed E-state index contributed by atoms with van der Waals surface area (Å²) in [5.74, 6) is 0. The van der Waals surface area contributed by atoms with Crippen molar-refractivity contribution >= 4 is 5.69 Å². The predicted molar refractivity (Wildman–Crippen MR) is 76.2 cm³/mol. The van der Waals surface area contributed by atoms with E-state index in [0.29, 0.717) is 0 Å². The molecule has 2 N–H and O–H groups in total. The average Bonchev–Trinajstić information content (AvgIpc) is 2.58. The third kappa shape index (κ3) is 2.40. The first kappa shape index (κ1) is 12.7. The smallest absolute Gasteiger partial charge is 0.0911 e. The second-order valence-electron chi connectivity index (χ2n) is 5.97. The van der Waals surface area contributed by atoms with Crippen molar-refractivity contribution in [2.75, 3.05) is 5.73 Å². The number of nitrogens with two attached hydrogens (primary N) is 1. The molecule has 1 aromatic carbocycles. The minimum atomic E-state index is -0.0335. The van der Waals surface area contributed by atoms with Crippen molar-refractivity contribution < 1.29 is 0 Å². The fourth-order valence-electron chi connectivity index (χ4n) is 2.19. The van der Waals surface area contributed by atoms with Crippen LogP contribution in [-0.2, 0) is 5.41 Å². The molecule has 0 fully saturated rings. The van der Waals surface area contributed by atoms with Gasteiger partial charge in [0.05, 0.1) is 23.3 Å². The maximum Gasteiger partial charge on any atom is 0.0911 e. The minimum Gasteiger partial charge on any atom is -0.396 e. The molecule has 0 radical (unpaired) electrons. The molecule has 1 aromatic heterocycles. The SMILES string of the molecule is Cc1cc(C)cc(-n2cc(N)c(C(C)(C)C)n2)c1. The highest BCUT2D eigenvalue weighted by Gasteiger charge is 2.21. The molecular formula is C15H21N3. The van der Waals surface area contributed by atoms with Crippen LogP contribution in [0.4, 0.5) is 5.69 Å². The van der Waals surface area contributed by atoms with Crippen molar-refractivity contribution in [1.29, 1.82) is 0 Å². The Hall–Kier alpha value is -1.77. The summed E-state index contributed by atoms with van der Waals surface area (Å²) in [6, 6.07) is 6.39. The van der Waals surface area contributed by atoms with Gasteiger partial charge < -0.3 is 5.73 Å². The van der Waals surface area contributed by atoms with E-state index in [1.54, 1.807) is 0 Å². The summed E-state index contributed by atoms with van der Waals surface area (Å²) in [4.78, 5) is 0. The van der Waals surface area contributed by atoms with Crippen LogP contribution in [0, 0.1) is 13.8 Å². The number of hydrogen-bond donors (Lipinski definition) is 1. The molecular weight excluding hydrogens is 222 g/mol. The van der Waals surface area contributed by atoms with Gasteiger partial charge in [-0.05, 0) is 37.1 Å². The minimum absolute atomic E-state index is 0.0335. The van der Waals surface area contributed by atoms with Crippen LogP contribution in [0.15, 0.2) is 24.4 Å². The first-order chi connectivity index (χ1) is 8.27. The second-order valence-corrected chi connectivity index (χ2v) is 5.97. The zero-order valence-corrected chi connectivity index (χ0v) is 11.8. The van der Waals surface area contributed by atoms with E-state index in [4.69, 9.17) is 5.73 Å². The maximum absolute atomic E-state index is 6.06. The molecule has 0 aliphatic carbocycles. The largest absolute Gasteiger partial charge is 0.396 e. The van der Waals surface area contributed by atoms with Gasteiger partial charge in [-0.25, -0.2) is 4.68 Å². The zero-order chi connectivity index (χ0) is 13.5. The van der Waals surface area contributed by atoms with Crippen molar-refractivity contribution in [3.05, 3.63) is 41.2 Å². The Morgan fingerprint density at radius 2 is 1.61 bits per heavy atom. The summed E-state index contributed by atoms with van der Waals surface area (Å²) in [5.41, 5.74) is 11.3. The lowest BCUT2D eigenvalue weighted by atomic mass is 9.92. The number of anilines is 1. The van der Waals surface area contributed by atoms with Gasteiger partial charge in [0, 0.05) is 5.41 Å². The fraction of sp³-hybridized carbons (Fsp3) is 0.400. The van der Waals surface area contributed by atoms with Gasteiger partial charge in [0.25, 0.3) is 0 Å². The van der Waals surface area contributed by atoms with Gasteiger partial charge in [-0.3, -0.25) is 0 Å². The Morgan fingerprint density at radius 3 is 2.06 bits per heavy atom. The second kappa shape index (κ2) is 4.16. The zero-order valence-electron chi connectivity index (χ0n) is 11.8. The Morgan fingerprint density at radius 1 is 1.06 bits per heavy atom. The van der Waals surface area contributed by atoms with Gasteiger partial charge in [0.15, 0.2) is 0 Å². The number of benzene rings is 1. The van der Waals surface area contributed by atoms with E-state index in [-0.39, 0.29) is 5.41 Å². The number of hydrogen-bond acceptors (Lipinski definition) is 2. The number of aromatic nitrogens is 2. The Labute approximate surface area is 109 Å². The van der Waals surface area contributed by atoms with Crippen molar-refractivity contribution in [3.8, 4) is 5.69 Å². The van der Waals surface area contributed by atoms with E-state index in [2.05, 4.69) is 57.9 Å². The van der Waals surface area contributed by atoms with Gasteiger partial charge in [0.1, 0.15) is 0 Å². The Balaban J connectivity index is 2.52. The molecule has 2 rings (SSSR count). The van der Waals surface area contributed by atoms with Crippen LogP contribution in [0.25, 0.3) is 5.69 Å². The third-order valence-electron chi connectivity index (χ3n) is 2.92. The van der Waals surface area contributed by atoms with E-state index in [1.807, 2.05) is 10.9 Å². The quantitative estimate of drug-likeness (QED) is 0.834. The van der Waals surface area contributed by atoms with Crippen LogP contribution in [0.1, 0.15) is 37.6 Å². The molecule has 0 saturated heterocycles. The lowest BCUT2D eigenvalue weighted by Gasteiger charge is -2.15. The fourth-order valence-corrected chi connectivity index (χ4v) is 2.19. The molecule has 0 atom stereocenters. The molecule has 0 amide bonds. The monoisotopic (exact) mass is 243 g/mol. The normalized spacial score (nSPS) is 11.8. The number of rotatable bonds is 1. The highest BCUT2D eigenvalue weighted by molar-refractivity contribution is 5.48. The van der Waals surface area contributed by atoms with Gasteiger partial charge in [0.2, 0.25) is 0 Å². The molecule has 1 heterocycles. The van der Waals surface area contributed by atoms with Crippen molar-refractivity contribution in [3.63, 3.8) is 0 Å². The van der Waals surface area contributed by atoms with Crippen LogP contribution in [0.2, 0.25) is 0 Å². The molecule has 0 bridgehead atoms. The van der Waals surface area contributed by atoms with E-state index in [1.165, 1.54) is 11.1 Å².